The average Bonchev–Trinajstić information content (AvgIpc) is 2.69. The van der Waals surface area contributed by atoms with Crippen LogP contribution in [-0.4, -0.2) is 36.4 Å². The van der Waals surface area contributed by atoms with Crippen molar-refractivity contribution >= 4 is 10.0 Å². The molecule has 0 saturated carbocycles. The molecule has 0 radical (unpaired) electrons. The van der Waals surface area contributed by atoms with E-state index in [4.69, 9.17) is 5.11 Å². The van der Waals surface area contributed by atoms with Crippen molar-refractivity contribution in [3.05, 3.63) is 12.3 Å². The third-order valence-electron chi connectivity index (χ3n) is 2.32. The third kappa shape index (κ3) is 3.29. The predicted molar refractivity (Wildman–Crippen MR) is 59.2 cm³/mol. The highest BCUT2D eigenvalue weighted by Crippen LogP contribution is 2.10. The number of nitrogens with one attached hydrogen (secondary N) is 2. The zero-order valence-electron chi connectivity index (χ0n) is 9.34. The summed E-state index contributed by atoms with van der Waals surface area (Å²) in [6, 6.07) is 1.11. The Morgan fingerprint density at radius 3 is 2.69 bits per heavy atom. The van der Waals surface area contributed by atoms with Crippen LogP contribution in [0, 0.1) is 5.92 Å². The number of H-pyrrole nitrogens is 1. The second-order valence-electron chi connectivity index (χ2n) is 3.90. The van der Waals surface area contributed by atoms with Crippen molar-refractivity contribution in [2.24, 2.45) is 5.92 Å². The quantitative estimate of drug-likeness (QED) is 0.664. The van der Waals surface area contributed by atoms with E-state index in [9.17, 15) is 8.42 Å². The number of aliphatic hydroxyl groups is 1. The zero-order valence-corrected chi connectivity index (χ0v) is 10.2. The van der Waals surface area contributed by atoms with Crippen molar-refractivity contribution in [3.63, 3.8) is 0 Å². The maximum absolute atomic E-state index is 11.8. The van der Waals surface area contributed by atoms with Crippen LogP contribution in [-0.2, 0) is 10.0 Å². The SMILES string of the molecule is CC(C)C(CCO)NS(=O)(=O)c1ccn[nH]1. The van der Waals surface area contributed by atoms with E-state index < -0.39 is 10.0 Å². The normalized spacial score (nSPS) is 14.2. The lowest BCUT2D eigenvalue weighted by Gasteiger charge is -2.20. The molecular formula is C9H17N3O3S. The van der Waals surface area contributed by atoms with Gasteiger partial charge in [-0.15, -0.1) is 0 Å². The molecule has 1 atom stereocenters. The number of hydrogen-bond donors (Lipinski definition) is 3. The molecule has 0 aliphatic heterocycles. The molecular weight excluding hydrogens is 230 g/mol. The van der Waals surface area contributed by atoms with Gasteiger partial charge in [0.25, 0.3) is 10.0 Å². The summed E-state index contributed by atoms with van der Waals surface area (Å²) in [5.41, 5.74) is 0. The maximum atomic E-state index is 11.8. The Kier molecular flexibility index (Phi) is 4.45. The average molecular weight is 247 g/mol. The number of nitrogens with zero attached hydrogens (tertiary/aromatic N) is 1. The molecule has 3 N–H and O–H groups in total. The summed E-state index contributed by atoms with van der Waals surface area (Å²) in [5, 5.41) is 14.9. The molecule has 0 amide bonds. The highest BCUT2D eigenvalue weighted by Gasteiger charge is 2.22. The van der Waals surface area contributed by atoms with Gasteiger partial charge < -0.3 is 5.11 Å². The van der Waals surface area contributed by atoms with Crippen LogP contribution in [0.2, 0.25) is 0 Å². The number of rotatable bonds is 6. The van der Waals surface area contributed by atoms with Gasteiger partial charge in [-0.25, -0.2) is 13.1 Å². The minimum absolute atomic E-state index is 0.0380. The van der Waals surface area contributed by atoms with Gasteiger partial charge in [-0.3, -0.25) is 5.10 Å². The van der Waals surface area contributed by atoms with Crippen molar-refractivity contribution in [3.8, 4) is 0 Å². The number of aliphatic hydroxyl groups excluding tert-OH is 1. The Morgan fingerprint density at radius 2 is 2.25 bits per heavy atom. The molecule has 0 fully saturated rings. The number of aromatic nitrogens is 2. The lowest BCUT2D eigenvalue weighted by atomic mass is 10.0. The summed E-state index contributed by atoms with van der Waals surface area (Å²) >= 11 is 0. The van der Waals surface area contributed by atoms with Gasteiger partial charge in [0.05, 0.1) is 6.20 Å². The number of hydrogen-bond acceptors (Lipinski definition) is 4. The fraction of sp³-hybridized carbons (Fsp3) is 0.667. The molecule has 1 heterocycles. The minimum Gasteiger partial charge on any atom is -0.396 e. The van der Waals surface area contributed by atoms with Crippen LogP contribution >= 0.6 is 0 Å². The molecule has 16 heavy (non-hydrogen) atoms. The molecule has 0 aromatic carbocycles. The third-order valence-corrected chi connectivity index (χ3v) is 3.74. The molecule has 92 valence electrons. The Bertz CT molecular complexity index is 400. The van der Waals surface area contributed by atoms with E-state index in [0.29, 0.717) is 6.42 Å². The number of sulfonamides is 1. The second kappa shape index (κ2) is 5.42. The van der Waals surface area contributed by atoms with Gasteiger partial charge in [-0.2, -0.15) is 5.10 Å². The zero-order chi connectivity index (χ0) is 12.2. The van der Waals surface area contributed by atoms with Crippen molar-refractivity contribution in [2.45, 2.75) is 31.3 Å². The van der Waals surface area contributed by atoms with E-state index in [0.717, 1.165) is 0 Å². The summed E-state index contributed by atoms with van der Waals surface area (Å²) in [6.07, 6.45) is 1.77. The largest absolute Gasteiger partial charge is 0.396 e. The summed E-state index contributed by atoms with van der Waals surface area (Å²) in [7, 11) is -3.56. The lowest BCUT2D eigenvalue weighted by Crippen LogP contribution is -2.39. The Morgan fingerprint density at radius 1 is 1.56 bits per heavy atom. The van der Waals surface area contributed by atoms with E-state index in [1.54, 1.807) is 0 Å². The molecule has 0 bridgehead atoms. The molecule has 0 aliphatic carbocycles. The van der Waals surface area contributed by atoms with Crippen LogP contribution in [0.3, 0.4) is 0 Å². The lowest BCUT2D eigenvalue weighted by molar-refractivity contribution is 0.256. The molecule has 0 aliphatic rings. The van der Waals surface area contributed by atoms with Gasteiger partial charge in [-0.1, -0.05) is 13.8 Å². The molecule has 6 nitrogen and oxygen atoms in total. The minimum atomic E-state index is -3.56. The van der Waals surface area contributed by atoms with Gasteiger partial charge in [0.15, 0.2) is 5.03 Å². The molecule has 0 saturated heterocycles. The van der Waals surface area contributed by atoms with Crippen LogP contribution in [0.15, 0.2) is 17.3 Å². The second-order valence-corrected chi connectivity index (χ2v) is 5.59. The summed E-state index contributed by atoms with van der Waals surface area (Å²) < 4.78 is 26.2. The summed E-state index contributed by atoms with van der Waals surface area (Å²) in [4.78, 5) is 0. The Hall–Kier alpha value is -0.920. The van der Waals surface area contributed by atoms with Gasteiger partial charge in [0.1, 0.15) is 0 Å². The standard InChI is InChI=1S/C9H17N3O3S/c1-7(2)8(4-6-13)12-16(14,15)9-3-5-10-11-9/h3,5,7-8,12-13H,4,6H2,1-2H3,(H,10,11). The fourth-order valence-corrected chi connectivity index (χ4v) is 2.65. The maximum Gasteiger partial charge on any atom is 0.257 e. The first kappa shape index (κ1) is 13.1. The van der Waals surface area contributed by atoms with Crippen LogP contribution < -0.4 is 4.72 Å². The van der Waals surface area contributed by atoms with Gasteiger partial charge in [-0.05, 0) is 18.4 Å². The molecule has 0 spiro atoms. The van der Waals surface area contributed by atoms with E-state index in [-0.39, 0.29) is 23.6 Å². The molecule has 1 aromatic heterocycles. The fourth-order valence-electron chi connectivity index (χ4n) is 1.32. The van der Waals surface area contributed by atoms with E-state index in [1.807, 2.05) is 13.8 Å². The first-order valence-corrected chi connectivity index (χ1v) is 6.58. The highest BCUT2D eigenvalue weighted by atomic mass is 32.2. The van der Waals surface area contributed by atoms with E-state index >= 15 is 0 Å². The highest BCUT2D eigenvalue weighted by molar-refractivity contribution is 7.89. The predicted octanol–water partition coefficient (Wildman–Crippen LogP) is 0.0950. The molecule has 1 aromatic rings. The first-order chi connectivity index (χ1) is 7.47. The van der Waals surface area contributed by atoms with Crippen LogP contribution in [0.4, 0.5) is 0 Å². The van der Waals surface area contributed by atoms with Gasteiger partial charge >= 0.3 is 0 Å². The van der Waals surface area contributed by atoms with Crippen LogP contribution in [0.1, 0.15) is 20.3 Å². The first-order valence-electron chi connectivity index (χ1n) is 5.10. The van der Waals surface area contributed by atoms with Gasteiger partial charge in [0.2, 0.25) is 0 Å². The number of aromatic amines is 1. The van der Waals surface area contributed by atoms with Crippen molar-refractivity contribution in [1.29, 1.82) is 0 Å². The van der Waals surface area contributed by atoms with E-state index in [2.05, 4.69) is 14.9 Å². The van der Waals surface area contributed by atoms with Crippen LogP contribution in [0.25, 0.3) is 0 Å². The van der Waals surface area contributed by atoms with Crippen LogP contribution in [0.5, 0.6) is 0 Å². The molecule has 1 rings (SSSR count). The van der Waals surface area contributed by atoms with Gasteiger partial charge in [0, 0.05) is 12.6 Å². The van der Waals surface area contributed by atoms with Crippen molar-refractivity contribution in [1.82, 2.24) is 14.9 Å². The topological polar surface area (TPSA) is 95.1 Å². The van der Waals surface area contributed by atoms with Crippen molar-refractivity contribution in [2.75, 3.05) is 6.61 Å². The molecule has 1 unspecified atom stereocenters. The van der Waals surface area contributed by atoms with Crippen molar-refractivity contribution < 1.29 is 13.5 Å². The molecule has 7 heteroatoms. The monoisotopic (exact) mass is 247 g/mol. The summed E-state index contributed by atoms with van der Waals surface area (Å²) in [6.45, 7) is 3.75. The smallest absolute Gasteiger partial charge is 0.257 e. The Balaban J connectivity index is 2.78. The Labute approximate surface area is 95.1 Å². The van der Waals surface area contributed by atoms with E-state index in [1.165, 1.54) is 12.3 Å². The summed E-state index contributed by atoms with van der Waals surface area (Å²) in [5.74, 6) is 0.116.